The van der Waals surface area contributed by atoms with Crippen LogP contribution >= 0.6 is 0 Å². The molecule has 0 aliphatic carbocycles. The van der Waals surface area contributed by atoms with E-state index in [2.05, 4.69) is 12.2 Å². The second-order valence-electron chi connectivity index (χ2n) is 4.49. The van der Waals surface area contributed by atoms with E-state index in [4.69, 9.17) is 4.74 Å². The predicted molar refractivity (Wildman–Crippen MR) is 64.5 cm³/mol. The van der Waals surface area contributed by atoms with E-state index >= 15 is 0 Å². The minimum atomic E-state index is -0.200. The van der Waals surface area contributed by atoms with Gasteiger partial charge in [0.05, 0.1) is 19.6 Å². The van der Waals surface area contributed by atoms with Gasteiger partial charge in [-0.3, -0.25) is 4.90 Å². The van der Waals surface area contributed by atoms with E-state index < -0.39 is 0 Å². The molecule has 0 radical (unpaired) electrons. The van der Waals surface area contributed by atoms with Gasteiger partial charge in [0.15, 0.2) is 0 Å². The summed E-state index contributed by atoms with van der Waals surface area (Å²) in [7, 11) is 0. The Morgan fingerprint density at radius 1 is 1.47 bits per heavy atom. The zero-order valence-corrected chi connectivity index (χ0v) is 10.1. The Balaban J connectivity index is 1.81. The second kappa shape index (κ2) is 5.68. The average Bonchev–Trinajstić information content (AvgIpc) is 2.37. The summed E-state index contributed by atoms with van der Waals surface area (Å²) in [5.74, 6) is 0. The van der Waals surface area contributed by atoms with Crippen molar-refractivity contribution >= 4 is 6.09 Å². The molecule has 1 aromatic carbocycles. The molecule has 2 N–H and O–H groups in total. The molecule has 1 aliphatic heterocycles. The van der Waals surface area contributed by atoms with Crippen molar-refractivity contribution in [3.05, 3.63) is 35.9 Å². The standard InChI is InChI=1S/C13H18N2O2/c1-11-9-15(8-7-14-11)13(16)17-10-12-5-3-2-4-6-12/h2-6,11,14H,7-10H2,1H3/p+1/t11-/m0/s1. The largest absolute Gasteiger partial charge is 0.445 e. The minimum absolute atomic E-state index is 0.200. The third-order valence-corrected chi connectivity index (χ3v) is 2.94. The molecule has 0 saturated carbocycles. The maximum absolute atomic E-state index is 11.8. The zero-order chi connectivity index (χ0) is 12.1. The molecule has 0 bridgehead atoms. The number of benzene rings is 1. The lowest BCUT2D eigenvalue weighted by Crippen LogP contribution is -2.94. The highest BCUT2D eigenvalue weighted by atomic mass is 16.6. The Morgan fingerprint density at radius 2 is 2.24 bits per heavy atom. The summed E-state index contributed by atoms with van der Waals surface area (Å²) in [6.07, 6.45) is -0.200. The number of piperazine rings is 1. The molecule has 1 saturated heterocycles. The van der Waals surface area contributed by atoms with Gasteiger partial charge in [-0.05, 0) is 12.5 Å². The molecule has 4 heteroatoms. The summed E-state index contributed by atoms with van der Waals surface area (Å²) in [5.41, 5.74) is 1.03. The smallest absolute Gasteiger partial charge is 0.410 e. The number of quaternary nitrogens is 1. The molecule has 4 nitrogen and oxygen atoms in total. The molecule has 1 heterocycles. The van der Waals surface area contributed by atoms with Crippen LogP contribution in [0.3, 0.4) is 0 Å². The van der Waals surface area contributed by atoms with E-state index in [1.54, 1.807) is 4.90 Å². The maximum Gasteiger partial charge on any atom is 0.410 e. The molecule has 2 rings (SSSR count). The lowest BCUT2D eigenvalue weighted by molar-refractivity contribution is -0.693. The highest BCUT2D eigenvalue weighted by molar-refractivity contribution is 5.67. The Morgan fingerprint density at radius 3 is 2.94 bits per heavy atom. The van der Waals surface area contributed by atoms with Gasteiger partial charge >= 0.3 is 6.09 Å². The van der Waals surface area contributed by atoms with Gasteiger partial charge in [-0.1, -0.05) is 30.3 Å². The summed E-state index contributed by atoms with van der Waals surface area (Å²) in [6.45, 7) is 4.98. The fourth-order valence-corrected chi connectivity index (χ4v) is 2.00. The van der Waals surface area contributed by atoms with Gasteiger partial charge in [0.1, 0.15) is 12.6 Å². The number of carbonyl (C=O) groups is 1. The number of nitrogens with zero attached hydrogens (tertiary/aromatic N) is 1. The van der Waals surface area contributed by atoms with Gasteiger partial charge in [0.25, 0.3) is 0 Å². The third-order valence-electron chi connectivity index (χ3n) is 2.94. The van der Waals surface area contributed by atoms with Crippen LogP contribution in [0, 0.1) is 0 Å². The Labute approximate surface area is 102 Å². The van der Waals surface area contributed by atoms with Crippen LogP contribution in [-0.2, 0) is 11.3 Å². The summed E-state index contributed by atoms with van der Waals surface area (Å²) < 4.78 is 5.29. The molecule has 0 unspecified atom stereocenters. The van der Waals surface area contributed by atoms with E-state index in [9.17, 15) is 4.79 Å². The summed E-state index contributed by atoms with van der Waals surface area (Å²) in [5, 5.41) is 2.25. The lowest BCUT2D eigenvalue weighted by Gasteiger charge is -2.28. The Hall–Kier alpha value is -1.55. The minimum Gasteiger partial charge on any atom is -0.445 e. The monoisotopic (exact) mass is 235 g/mol. The van der Waals surface area contributed by atoms with Crippen LogP contribution in [-0.4, -0.2) is 36.7 Å². The van der Waals surface area contributed by atoms with Crippen LogP contribution in [0.2, 0.25) is 0 Å². The van der Waals surface area contributed by atoms with Crippen molar-refractivity contribution in [3.63, 3.8) is 0 Å². The van der Waals surface area contributed by atoms with Crippen molar-refractivity contribution in [3.8, 4) is 0 Å². The highest BCUT2D eigenvalue weighted by Crippen LogP contribution is 2.04. The van der Waals surface area contributed by atoms with Crippen LogP contribution in [0.4, 0.5) is 4.79 Å². The Kier molecular flexibility index (Phi) is 3.98. The number of carbonyl (C=O) groups excluding carboxylic acids is 1. The number of hydrogen-bond donors (Lipinski definition) is 1. The van der Waals surface area contributed by atoms with Crippen LogP contribution in [0.15, 0.2) is 30.3 Å². The molecule has 1 aliphatic rings. The fourth-order valence-electron chi connectivity index (χ4n) is 2.00. The van der Waals surface area contributed by atoms with Gasteiger partial charge < -0.3 is 10.1 Å². The first-order valence-corrected chi connectivity index (χ1v) is 6.04. The summed E-state index contributed by atoms with van der Waals surface area (Å²) >= 11 is 0. The van der Waals surface area contributed by atoms with E-state index in [0.717, 1.165) is 25.2 Å². The van der Waals surface area contributed by atoms with E-state index in [-0.39, 0.29) is 6.09 Å². The summed E-state index contributed by atoms with van der Waals surface area (Å²) in [4.78, 5) is 13.6. The first-order chi connectivity index (χ1) is 8.25. The van der Waals surface area contributed by atoms with Crippen molar-refractivity contribution < 1.29 is 14.8 Å². The lowest BCUT2D eigenvalue weighted by atomic mass is 10.2. The van der Waals surface area contributed by atoms with Crippen molar-refractivity contribution in [2.24, 2.45) is 0 Å². The number of nitrogens with two attached hydrogens (primary N) is 1. The first kappa shape index (κ1) is 11.9. The van der Waals surface area contributed by atoms with Crippen LogP contribution in [0.5, 0.6) is 0 Å². The first-order valence-electron chi connectivity index (χ1n) is 6.04. The quantitative estimate of drug-likeness (QED) is 0.815. The van der Waals surface area contributed by atoms with Crippen molar-refractivity contribution in [2.75, 3.05) is 19.6 Å². The topological polar surface area (TPSA) is 46.2 Å². The second-order valence-corrected chi connectivity index (χ2v) is 4.49. The van der Waals surface area contributed by atoms with Gasteiger partial charge in [-0.2, -0.15) is 0 Å². The SMILES string of the molecule is C[C@H]1CN(C(=O)OCc2ccccc2)CC[NH2+]1. The van der Waals surface area contributed by atoms with Gasteiger partial charge in [-0.15, -0.1) is 0 Å². The van der Waals surface area contributed by atoms with E-state index in [0.29, 0.717) is 12.6 Å². The molecule has 0 spiro atoms. The normalized spacial score (nSPS) is 20.1. The molecular formula is C13H19N2O2+. The third kappa shape index (κ3) is 3.46. The zero-order valence-electron chi connectivity index (χ0n) is 10.1. The highest BCUT2D eigenvalue weighted by Gasteiger charge is 2.23. The average molecular weight is 235 g/mol. The molecule has 1 amide bonds. The van der Waals surface area contributed by atoms with Crippen LogP contribution in [0.25, 0.3) is 0 Å². The maximum atomic E-state index is 11.8. The van der Waals surface area contributed by atoms with Crippen LogP contribution in [0.1, 0.15) is 12.5 Å². The fraction of sp³-hybridized carbons (Fsp3) is 0.462. The number of amides is 1. The molecule has 1 fully saturated rings. The molecule has 0 aromatic heterocycles. The number of hydrogen-bond acceptors (Lipinski definition) is 2. The van der Waals surface area contributed by atoms with Crippen LogP contribution < -0.4 is 5.32 Å². The summed E-state index contributed by atoms with van der Waals surface area (Å²) in [6, 6.07) is 10.2. The molecule has 1 aromatic rings. The molecular weight excluding hydrogens is 216 g/mol. The molecule has 92 valence electrons. The van der Waals surface area contributed by atoms with Gasteiger partial charge in [0, 0.05) is 0 Å². The number of rotatable bonds is 2. The van der Waals surface area contributed by atoms with Crippen molar-refractivity contribution in [1.29, 1.82) is 0 Å². The van der Waals surface area contributed by atoms with Crippen molar-refractivity contribution in [2.45, 2.75) is 19.6 Å². The van der Waals surface area contributed by atoms with E-state index in [1.165, 1.54) is 0 Å². The van der Waals surface area contributed by atoms with Gasteiger partial charge in [-0.25, -0.2) is 4.79 Å². The molecule has 1 atom stereocenters. The van der Waals surface area contributed by atoms with Gasteiger partial charge in [0.2, 0.25) is 0 Å². The number of ether oxygens (including phenoxy) is 1. The predicted octanol–water partition coefficient (Wildman–Crippen LogP) is 0.591. The Bertz CT molecular complexity index is 367. The molecule has 17 heavy (non-hydrogen) atoms. The van der Waals surface area contributed by atoms with Crippen molar-refractivity contribution in [1.82, 2.24) is 4.90 Å². The van der Waals surface area contributed by atoms with E-state index in [1.807, 2.05) is 30.3 Å².